The number of nitrogens with one attached hydrogen (secondary N) is 2. The molecule has 2 N–H and O–H groups in total. The van der Waals surface area contributed by atoms with Gasteiger partial charge in [-0.3, -0.25) is 9.52 Å². The second-order valence-corrected chi connectivity index (χ2v) is 8.57. The van der Waals surface area contributed by atoms with E-state index in [1.165, 1.54) is 6.08 Å². The molecule has 0 heterocycles. The second kappa shape index (κ2) is 10.1. The van der Waals surface area contributed by atoms with Gasteiger partial charge in [-0.1, -0.05) is 54.1 Å². The molecule has 7 heteroatoms. The topological polar surface area (TPSA) is 75.3 Å². The fraction of sp³-hybridized carbons (Fsp3) is 0.0870. The number of halogens is 1. The molecule has 0 saturated heterocycles. The van der Waals surface area contributed by atoms with Crippen LogP contribution in [0.5, 0.6) is 0 Å². The molecule has 30 heavy (non-hydrogen) atoms. The van der Waals surface area contributed by atoms with Crippen LogP contribution in [0, 0.1) is 0 Å². The highest BCUT2D eigenvalue weighted by Crippen LogP contribution is 2.13. The third-order valence-corrected chi connectivity index (χ3v) is 5.53. The zero-order chi connectivity index (χ0) is 21.4. The quantitative estimate of drug-likeness (QED) is 0.532. The molecule has 0 unspecified atom stereocenters. The Labute approximate surface area is 181 Å². The first-order chi connectivity index (χ1) is 14.4. The molecular weight excluding hydrogens is 420 g/mol. The Balaban J connectivity index is 1.52. The van der Waals surface area contributed by atoms with Crippen LogP contribution in [0.3, 0.4) is 0 Å². The van der Waals surface area contributed by atoms with Crippen molar-refractivity contribution in [3.63, 3.8) is 0 Å². The summed E-state index contributed by atoms with van der Waals surface area (Å²) in [5.74, 6) is -0.220. The zero-order valence-electron chi connectivity index (χ0n) is 16.1. The summed E-state index contributed by atoms with van der Waals surface area (Å²) in [7, 11) is -3.65. The highest BCUT2D eigenvalue weighted by Gasteiger charge is 2.08. The molecule has 0 aliphatic rings. The summed E-state index contributed by atoms with van der Waals surface area (Å²) >= 11 is 5.86. The first kappa shape index (κ1) is 21.6. The Morgan fingerprint density at radius 1 is 0.900 bits per heavy atom. The number of carbonyl (C=O) groups is 1. The van der Waals surface area contributed by atoms with Gasteiger partial charge >= 0.3 is 0 Å². The Bertz CT molecular complexity index is 1110. The fourth-order valence-electron chi connectivity index (χ4n) is 2.69. The van der Waals surface area contributed by atoms with E-state index in [2.05, 4.69) is 10.0 Å². The molecule has 3 aromatic carbocycles. The van der Waals surface area contributed by atoms with E-state index in [1.807, 2.05) is 54.6 Å². The standard InChI is InChI=1S/C23H21ClN2O3S/c24-21-10-6-19(7-11-21)14-16-25-23(27)20-8-12-22(13-9-20)26-30(28,29)17-15-18-4-2-1-3-5-18/h1-13,15,17,26H,14,16H2,(H,25,27)/b17-15+. The molecule has 0 bridgehead atoms. The van der Waals surface area contributed by atoms with Crippen LogP contribution < -0.4 is 10.0 Å². The molecule has 0 aliphatic heterocycles. The van der Waals surface area contributed by atoms with Gasteiger partial charge in [-0.2, -0.15) is 0 Å². The number of hydrogen-bond donors (Lipinski definition) is 2. The minimum atomic E-state index is -3.65. The molecule has 0 aromatic heterocycles. The lowest BCUT2D eigenvalue weighted by Gasteiger charge is -2.08. The molecule has 154 valence electrons. The molecule has 3 aromatic rings. The number of rotatable bonds is 8. The smallest absolute Gasteiger partial charge is 0.255 e. The van der Waals surface area contributed by atoms with Crippen molar-refractivity contribution >= 4 is 39.3 Å². The van der Waals surface area contributed by atoms with E-state index >= 15 is 0 Å². The van der Waals surface area contributed by atoms with Crippen molar-refractivity contribution in [2.75, 3.05) is 11.3 Å². The minimum absolute atomic E-state index is 0.220. The van der Waals surface area contributed by atoms with E-state index < -0.39 is 10.0 Å². The van der Waals surface area contributed by atoms with Gasteiger partial charge in [-0.15, -0.1) is 0 Å². The first-order valence-electron chi connectivity index (χ1n) is 9.30. The number of anilines is 1. The molecule has 0 radical (unpaired) electrons. The lowest BCUT2D eigenvalue weighted by atomic mass is 10.1. The number of hydrogen-bond acceptors (Lipinski definition) is 3. The largest absolute Gasteiger partial charge is 0.352 e. The molecule has 0 saturated carbocycles. The lowest BCUT2D eigenvalue weighted by molar-refractivity contribution is 0.0954. The van der Waals surface area contributed by atoms with Crippen molar-refractivity contribution in [1.29, 1.82) is 0 Å². The fourth-order valence-corrected chi connectivity index (χ4v) is 3.69. The van der Waals surface area contributed by atoms with Crippen LogP contribution >= 0.6 is 11.6 Å². The third-order valence-electron chi connectivity index (χ3n) is 4.26. The summed E-state index contributed by atoms with van der Waals surface area (Å²) in [5, 5.41) is 4.63. The summed E-state index contributed by atoms with van der Waals surface area (Å²) < 4.78 is 26.9. The molecule has 0 fully saturated rings. The average Bonchev–Trinajstić information content (AvgIpc) is 2.75. The van der Waals surface area contributed by atoms with E-state index in [1.54, 1.807) is 24.3 Å². The van der Waals surface area contributed by atoms with Crippen LogP contribution in [0.4, 0.5) is 5.69 Å². The molecule has 1 amide bonds. The third kappa shape index (κ3) is 6.76. The van der Waals surface area contributed by atoms with Crippen molar-refractivity contribution in [2.24, 2.45) is 0 Å². The van der Waals surface area contributed by atoms with Gasteiger partial charge in [0.1, 0.15) is 0 Å². The minimum Gasteiger partial charge on any atom is -0.352 e. The number of carbonyl (C=O) groups excluding carboxylic acids is 1. The van der Waals surface area contributed by atoms with Gasteiger partial charge in [-0.25, -0.2) is 8.42 Å². The van der Waals surface area contributed by atoms with Gasteiger partial charge in [0.15, 0.2) is 0 Å². The monoisotopic (exact) mass is 440 g/mol. The van der Waals surface area contributed by atoms with Gasteiger partial charge in [0.25, 0.3) is 15.9 Å². The van der Waals surface area contributed by atoms with Gasteiger partial charge in [0.2, 0.25) is 0 Å². The average molecular weight is 441 g/mol. The Morgan fingerprint density at radius 3 is 2.23 bits per heavy atom. The number of amides is 1. The van der Waals surface area contributed by atoms with Crippen molar-refractivity contribution in [3.05, 3.63) is 106 Å². The maximum atomic E-state index is 12.3. The molecule has 3 rings (SSSR count). The maximum absolute atomic E-state index is 12.3. The number of sulfonamides is 1. The van der Waals surface area contributed by atoms with E-state index in [0.29, 0.717) is 29.2 Å². The van der Waals surface area contributed by atoms with Crippen molar-refractivity contribution in [3.8, 4) is 0 Å². The van der Waals surface area contributed by atoms with Crippen LogP contribution in [-0.2, 0) is 16.4 Å². The van der Waals surface area contributed by atoms with Crippen molar-refractivity contribution in [1.82, 2.24) is 5.32 Å². The number of benzene rings is 3. The second-order valence-electron chi connectivity index (χ2n) is 6.57. The molecule has 0 spiro atoms. The summed E-state index contributed by atoms with van der Waals surface area (Å²) in [5.41, 5.74) is 2.70. The Morgan fingerprint density at radius 2 is 1.57 bits per heavy atom. The van der Waals surface area contributed by atoms with E-state index in [0.717, 1.165) is 16.5 Å². The maximum Gasteiger partial charge on any atom is 0.255 e. The SMILES string of the molecule is O=C(NCCc1ccc(Cl)cc1)c1ccc(NS(=O)(=O)/C=C/c2ccccc2)cc1. The Kier molecular flexibility index (Phi) is 7.27. The summed E-state index contributed by atoms with van der Waals surface area (Å²) in [6.45, 7) is 0.485. The van der Waals surface area contributed by atoms with Crippen LogP contribution in [-0.4, -0.2) is 20.9 Å². The van der Waals surface area contributed by atoms with Crippen molar-refractivity contribution < 1.29 is 13.2 Å². The first-order valence-corrected chi connectivity index (χ1v) is 11.2. The van der Waals surface area contributed by atoms with Crippen LogP contribution in [0.1, 0.15) is 21.5 Å². The van der Waals surface area contributed by atoms with Gasteiger partial charge in [0, 0.05) is 22.8 Å². The van der Waals surface area contributed by atoms with Crippen molar-refractivity contribution in [2.45, 2.75) is 6.42 Å². The molecule has 0 aliphatic carbocycles. The van der Waals surface area contributed by atoms with E-state index in [4.69, 9.17) is 11.6 Å². The zero-order valence-corrected chi connectivity index (χ0v) is 17.7. The van der Waals surface area contributed by atoms with E-state index in [-0.39, 0.29) is 5.91 Å². The molecule has 5 nitrogen and oxygen atoms in total. The van der Waals surface area contributed by atoms with Crippen LogP contribution in [0.2, 0.25) is 5.02 Å². The van der Waals surface area contributed by atoms with Gasteiger partial charge in [0.05, 0.1) is 5.41 Å². The van der Waals surface area contributed by atoms with Gasteiger partial charge in [-0.05, 0) is 60.0 Å². The summed E-state index contributed by atoms with van der Waals surface area (Å²) in [6, 6.07) is 22.9. The molecular formula is C23H21ClN2O3S. The molecule has 0 atom stereocenters. The van der Waals surface area contributed by atoms with Crippen LogP contribution in [0.15, 0.2) is 84.3 Å². The Hall–Kier alpha value is -3.09. The highest BCUT2D eigenvalue weighted by molar-refractivity contribution is 7.95. The summed E-state index contributed by atoms with van der Waals surface area (Å²) in [4.78, 5) is 12.3. The normalized spacial score (nSPS) is 11.4. The predicted molar refractivity (Wildman–Crippen MR) is 122 cm³/mol. The summed E-state index contributed by atoms with van der Waals surface area (Å²) in [6.07, 6.45) is 2.21. The van der Waals surface area contributed by atoms with Gasteiger partial charge < -0.3 is 5.32 Å². The lowest BCUT2D eigenvalue weighted by Crippen LogP contribution is -2.25. The predicted octanol–water partition coefficient (Wildman–Crippen LogP) is 4.73. The van der Waals surface area contributed by atoms with Crippen LogP contribution in [0.25, 0.3) is 6.08 Å². The van der Waals surface area contributed by atoms with E-state index in [9.17, 15) is 13.2 Å². The highest BCUT2D eigenvalue weighted by atomic mass is 35.5.